The molecule has 4 rings (SSSR count). The van der Waals surface area contributed by atoms with Gasteiger partial charge in [0.2, 0.25) is 0 Å². The molecule has 0 fully saturated rings. The Morgan fingerprint density at radius 1 is 1.21 bits per heavy atom. The average Bonchev–Trinajstić information content (AvgIpc) is 3.14. The lowest BCUT2D eigenvalue weighted by Crippen LogP contribution is -2.34. The number of aromatic nitrogens is 3. The van der Waals surface area contributed by atoms with Crippen LogP contribution in [0.25, 0.3) is 0 Å². The first-order valence-corrected chi connectivity index (χ1v) is 9.53. The van der Waals surface area contributed by atoms with Crippen LogP contribution in [0.2, 0.25) is 5.02 Å². The molecule has 2 aromatic heterocycles. The molecule has 1 aliphatic rings. The third-order valence-electron chi connectivity index (χ3n) is 4.82. The molecule has 0 saturated carbocycles. The fraction of sp³-hybridized carbons (Fsp3) is 0.250. The van der Waals surface area contributed by atoms with Crippen LogP contribution in [-0.4, -0.2) is 39.2 Å². The van der Waals surface area contributed by atoms with Gasteiger partial charge in [-0.05, 0) is 25.0 Å². The van der Waals surface area contributed by atoms with Crippen LogP contribution in [0.5, 0.6) is 0 Å². The summed E-state index contributed by atoms with van der Waals surface area (Å²) < 4.78 is 1.84. The van der Waals surface area contributed by atoms with Crippen LogP contribution in [0.4, 0.5) is 23.0 Å². The number of halogens is 1. The van der Waals surface area contributed by atoms with Crippen LogP contribution < -0.4 is 10.6 Å². The van der Waals surface area contributed by atoms with Gasteiger partial charge in [-0.3, -0.25) is 4.79 Å². The summed E-state index contributed by atoms with van der Waals surface area (Å²) in [5.74, 6) is 1.49. The van der Waals surface area contributed by atoms with E-state index in [1.165, 1.54) is 0 Å². The number of hydrogen-bond acceptors (Lipinski definition) is 5. The van der Waals surface area contributed by atoms with Gasteiger partial charge >= 0.3 is 0 Å². The molecule has 1 amide bonds. The van der Waals surface area contributed by atoms with Gasteiger partial charge in [0.15, 0.2) is 0 Å². The van der Waals surface area contributed by atoms with Crippen molar-refractivity contribution in [2.24, 2.45) is 0 Å². The Morgan fingerprint density at radius 2 is 2.07 bits per heavy atom. The van der Waals surface area contributed by atoms with E-state index in [4.69, 9.17) is 11.6 Å². The van der Waals surface area contributed by atoms with Crippen molar-refractivity contribution >= 4 is 40.5 Å². The molecule has 1 aromatic carbocycles. The zero-order chi connectivity index (χ0) is 19.7. The summed E-state index contributed by atoms with van der Waals surface area (Å²) in [5, 5.41) is 11.3. The maximum atomic E-state index is 12.7. The molecule has 144 valence electrons. The van der Waals surface area contributed by atoms with E-state index >= 15 is 0 Å². The number of nitrogens with zero attached hydrogens (tertiary/aromatic N) is 4. The van der Waals surface area contributed by atoms with Crippen molar-refractivity contribution in [3.05, 3.63) is 58.9 Å². The minimum Gasteiger partial charge on any atom is -0.353 e. The van der Waals surface area contributed by atoms with Crippen molar-refractivity contribution in [3.63, 3.8) is 0 Å². The first-order valence-electron chi connectivity index (χ1n) is 9.15. The van der Waals surface area contributed by atoms with Gasteiger partial charge in [-0.1, -0.05) is 23.7 Å². The summed E-state index contributed by atoms with van der Waals surface area (Å²) >= 11 is 6.37. The Labute approximate surface area is 168 Å². The third kappa shape index (κ3) is 3.41. The highest BCUT2D eigenvalue weighted by atomic mass is 35.5. The zero-order valence-electron chi connectivity index (χ0n) is 15.7. The molecule has 0 bridgehead atoms. The number of anilines is 4. The number of likely N-dealkylation sites (N-methyl/N-ethyl adjacent to an activating group) is 1. The van der Waals surface area contributed by atoms with Gasteiger partial charge in [-0.25, -0.2) is 9.67 Å². The number of pyridine rings is 1. The maximum Gasteiger partial charge on any atom is 0.255 e. The topological polar surface area (TPSA) is 75.1 Å². The second kappa shape index (κ2) is 7.52. The standard InChI is InChI=1S/C20H21ClN6O/c1-3-27-18(7-9-23-27)25-17-11-16(14(21)12-22-17)24-15-6-4-5-13-8-10-26(2)20(28)19(13)15/h4-7,9,11-12H,3,8,10H2,1-2H3,(H2,22,24,25). The number of rotatable bonds is 5. The summed E-state index contributed by atoms with van der Waals surface area (Å²) in [5.41, 5.74) is 3.16. The summed E-state index contributed by atoms with van der Waals surface area (Å²) in [6.07, 6.45) is 4.16. The Morgan fingerprint density at radius 3 is 2.89 bits per heavy atom. The van der Waals surface area contributed by atoms with E-state index in [2.05, 4.69) is 20.7 Å². The fourth-order valence-corrected chi connectivity index (χ4v) is 3.47. The minimum absolute atomic E-state index is 0.0136. The Balaban J connectivity index is 1.65. The normalized spacial score (nSPS) is 13.4. The first-order chi connectivity index (χ1) is 13.6. The predicted octanol–water partition coefficient (Wildman–Crippen LogP) is 4.07. The lowest BCUT2D eigenvalue weighted by molar-refractivity contribution is 0.0782. The Bertz CT molecular complexity index is 1030. The lowest BCUT2D eigenvalue weighted by Gasteiger charge is -2.27. The van der Waals surface area contributed by atoms with Gasteiger partial charge in [-0.2, -0.15) is 5.10 Å². The fourth-order valence-electron chi connectivity index (χ4n) is 3.32. The second-order valence-corrected chi connectivity index (χ2v) is 7.06. The molecule has 2 N–H and O–H groups in total. The Kier molecular flexibility index (Phi) is 4.92. The molecule has 0 aliphatic carbocycles. The average molecular weight is 397 g/mol. The van der Waals surface area contributed by atoms with Crippen molar-refractivity contribution in [2.45, 2.75) is 19.9 Å². The van der Waals surface area contributed by atoms with Crippen LogP contribution in [0.15, 0.2) is 42.7 Å². The van der Waals surface area contributed by atoms with Crippen molar-refractivity contribution in [1.29, 1.82) is 0 Å². The van der Waals surface area contributed by atoms with E-state index < -0.39 is 0 Å². The monoisotopic (exact) mass is 396 g/mol. The van der Waals surface area contributed by atoms with Gasteiger partial charge in [0, 0.05) is 32.3 Å². The third-order valence-corrected chi connectivity index (χ3v) is 5.13. The number of amides is 1. The highest BCUT2D eigenvalue weighted by Gasteiger charge is 2.24. The van der Waals surface area contributed by atoms with Crippen LogP contribution >= 0.6 is 11.6 Å². The Hall–Kier alpha value is -3.06. The van der Waals surface area contributed by atoms with E-state index in [0.29, 0.717) is 22.1 Å². The number of benzene rings is 1. The van der Waals surface area contributed by atoms with Crippen LogP contribution in [0, 0.1) is 0 Å². The van der Waals surface area contributed by atoms with Gasteiger partial charge < -0.3 is 15.5 Å². The van der Waals surface area contributed by atoms with Crippen molar-refractivity contribution in [3.8, 4) is 0 Å². The number of carbonyl (C=O) groups excluding carboxylic acids is 1. The van der Waals surface area contributed by atoms with Gasteiger partial charge in [0.1, 0.15) is 11.6 Å². The quantitative estimate of drug-likeness (QED) is 0.680. The van der Waals surface area contributed by atoms with Gasteiger partial charge in [-0.15, -0.1) is 0 Å². The molecular weight excluding hydrogens is 376 g/mol. The van der Waals surface area contributed by atoms with Crippen LogP contribution in [0.1, 0.15) is 22.8 Å². The van der Waals surface area contributed by atoms with E-state index in [9.17, 15) is 4.79 Å². The molecule has 8 heteroatoms. The molecular formula is C20H21ClN6O. The second-order valence-electron chi connectivity index (χ2n) is 6.65. The predicted molar refractivity (Wildman–Crippen MR) is 111 cm³/mol. The maximum absolute atomic E-state index is 12.7. The summed E-state index contributed by atoms with van der Waals surface area (Å²) in [4.78, 5) is 18.8. The molecule has 0 saturated heterocycles. The molecule has 0 radical (unpaired) electrons. The number of nitrogens with one attached hydrogen (secondary N) is 2. The van der Waals surface area contributed by atoms with Gasteiger partial charge in [0.25, 0.3) is 5.91 Å². The number of hydrogen-bond donors (Lipinski definition) is 2. The first kappa shape index (κ1) is 18.3. The molecule has 0 spiro atoms. The molecule has 0 atom stereocenters. The molecule has 3 aromatic rings. The number of aryl methyl sites for hydroxylation is 1. The largest absolute Gasteiger partial charge is 0.353 e. The van der Waals surface area contributed by atoms with Crippen LogP contribution in [-0.2, 0) is 13.0 Å². The summed E-state index contributed by atoms with van der Waals surface area (Å²) in [6.45, 7) is 3.50. The van der Waals surface area contributed by atoms with Gasteiger partial charge in [0.05, 0.1) is 34.4 Å². The smallest absolute Gasteiger partial charge is 0.255 e. The molecule has 1 aliphatic heterocycles. The van der Waals surface area contributed by atoms with Crippen molar-refractivity contribution in [1.82, 2.24) is 19.7 Å². The molecule has 7 nitrogen and oxygen atoms in total. The molecule has 0 unspecified atom stereocenters. The van der Waals surface area contributed by atoms with E-state index in [1.54, 1.807) is 17.3 Å². The van der Waals surface area contributed by atoms with E-state index in [0.717, 1.165) is 36.6 Å². The summed E-state index contributed by atoms with van der Waals surface area (Å²) in [7, 11) is 1.82. The minimum atomic E-state index is 0.0136. The number of carbonyl (C=O) groups is 1. The van der Waals surface area contributed by atoms with E-state index in [1.807, 2.05) is 49.0 Å². The molecule has 3 heterocycles. The molecule has 28 heavy (non-hydrogen) atoms. The van der Waals surface area contributed by atoms with Crippen molar-refractivity contribution < 1.29 is 4.79 Å². The highest BCUT2D eigenvalue weighted by molar-refractivity contribution is 6.33. The van der Waals surface area contributed by atoms with E-state index in [-0.39, 0.29) is 5.91 Å². The van der Waals surface area contributed by atoms with Crippen molar-refractivity contribution in [2.75, 3.05) is 24.2 Å². The van der Waals surface area contributed by atoms with Crippen LogP contribution in [0.3, 0.4) is 0 Å². The SMILES string of the molecule is CCn1nccc1Nc1cc(Nc2cccc3c2C(=O)N(C)CC3)c(Cl)cn1. The zero-order valence-corrected chi connectivity index (χ0v) is 16.5. The lowest BCUT2D eigenvalue weighted by atomic mass is 9.97. The summed E-state index contributed by atoms with van der Waals surface area (Å²) in [6, 6.07) is 9.55. The highest BCUT2D eigenvalue weighted by Crippen LogP contribution is 2.32. The number of fused-ring (bicyclic) bond motifs is 1.